The van der Waals surface area contributed by atoms with Crippen LogP contribution < -0.4 is 9.47 Å². The fourth-order valence-corrected chi connectivity index (χ4v) is 3.48. The molecule has 0 atom stereocenters. The number of hydrogen-bond donors (Lipinski definition) is 0. The maximum atomic E-state index is 5.27. The van der Waals surface area contributed by atoms with E-state index in [0.717, 1.165) is 37.7 Å². The Morgan fingerprint density at radius 2 is 1.23 bits per heavy atom. The van der Waals surface area contributed by atoms with E-state index in [1.807, 2.05) is 24.3 Å². The number of hydrogen-bond acceptors (Lipinski definition) is 4. The lowest BCUT2D eigenvalue weighted by Crippen LogP contribution is -2.33. The molecule has 0 aromatic heterocycles. The summed E-state index contributed by atoms with van der Waals surface area (Å²) >= 11 is 0. The van der Waals surface area contributed by atoms with Crippen LogP contribution in [0.3, 0.4) is 0 Å². The molecule has 1 aliphatic rings. The van der Waals surface area contributed by atoms with Crippen molar-refractivity contribution in [3.8, 4) is 11.5 Å². The lowest BCUT2D eigenvalue weighted by atomic mass is 10.1. The summed E-state index contributed by atoms with van der Waals surface area (Å²) in [5, 5.41) is 0. The summed E-state index contributed by atoms with van der Waals surface area (Å²) in [5.74, 6) is 1.82. The quantitative estimate of drug-likeness (QED) is 0.684. The third-order valence-corrected chi connectivity index (χ3v) is 5.06. The molecule has 0 unspecified atom stereocenters. The lowest BCUT2D eigenvalue weighted by Gasteiger charge is -2.25. The Hall–Kier alpha value is -2.04. The topological polar surface area (TPSA) is 24.9 Å². The number of benzene rings is 2. The summed E-state index contributed by atoms with van der Waals surface area (Å²) in [4.78, 5) is 5.11. The van der Waals surface area contributed by atoms with Crippen LogP contribution in [0.4, 0.5) is 0 Å². The zero-order valence-corrected chi connectivity index (χ0v) is 16.0. The van der Waals surface area contributed by atoms with Crippen molar-refractivity contribution in [2.24, 2.45) is 0 Å². The van der Waals surface area contributed by atoms with Crippen LogP contribution >= 0.6 is 0 Å². The normalized spacial score (nSPS) is 14.7. The van der Waals surface area contributed by atoms with E-state index in [-0.39, 0.29) is 0 Å². The lowest BCUT2D eigenvalue weighted by molar-refractivity contribution is 0.212. The second kappa shape index (κ2) is 9.60. The molecule has 1 aliphatic heterocycles. The van der Waals surface area contributed by atoms with Crippen LogP contribution in [0, 0.1) is 0 Å². The zero-order chi connectivity index (χ0) is 18.2. The molecule has 26 heavy (non-hydrogen) atoms. The summed E-state index contributed by atoms with van der Waals surface area (Å²) in [7, 11) is 3.42. The second-order valence-electron chi connectivity index (χ2n) is 6.96. The van der Waals surface area contributed by atoms with Crippen LogP contribution in [0.5, 0.6) is 11.5 Å². The van der Waals surface area contributed by atoms with E-state index in [9.17, 15) is 0 Å². The predicted molar refractivity (Wildman–Crippen MR) is 106 cm³/mol. The standard InChI is InChI=1S/C22H30N2O2/c1-25-21-9-5-19(6-10-21)17-24(16-15-23-13-3-4-14-23)18-20-7-11-22(26-2)12-8-20/h5-12H,3-4,13-18H2,1-2H3. The first-order valence-corrected chi connectivity index (χ1v) is 9.47. The molecule has 0 radical (unpaired) electrons. The second-order valence-corrected chi connectivity index (χ2v) is 6.96. The van der Waals surface area contributed by atoms with Gasteiger partial charge in [-0.2, -0.15) is 0 Å². The van der Waals surface area contributed by atoms with Crippen LogP contribution in [0.25, 0.3) is 0 Å². The molecule has 0 saturated carbocycles. The van der Waals surface area contributed by atoms with Crippen LogP contribution in [0.1, 0.15) is 24.0 Å². The van der Waals surface area contributed by atoms with E-state index in [0.29, 0.717) is 0 Å². The highest BCUT2D eigenvalue weighted by Gasteiger charge is 2.14. The van der Waals surface area contributed by atoms with Gasteiger partial charge in [-0.05, 0) is 61.3 Å². The van der Waals surface area contributed by atoms with Gasteiger partial charge >= 0.3 is 0 Å². The van der Waals surface area contributed by atoms with Crippen molar-refractivity contribution >= 4 is 0 Å². The van der Waals surface area contributed by atoms with Gasteiger partial charge in [0.2, 0.25) is 0 Å². The van der Waals surface area contributed by atoms with Gasteiger partial charge in [0.25, 0.3) is 0 Å². The molecule has 0 N–H and O–H groups in total. The van der Waals surface area contributed by atoms with Gasteiger partial charge in [-0.1, -0.05) is 24.3 Å². The predicted octanol–water partition coefficient (Wildman–Crippen LogP) is 3.80. The summed E-state index contributed by atoms with van der Waals surface area (Å²) in [5.41, 5.74) is 2.64. The minimum Gasteiger partial charge on any atom is -0.497 e. The molecule has 1 fully saturated rings. The van der Waals surface area contributed by atoms with Gasteiger partial charge in [-0.25, -0.2) is 0 Å². The van der Waals surface area contributed by atoms with Crippen LogP contribution in [-0.2, 0) is 13.1 Å². The molecule has 0 spiro atoms. The average Bonchev–Trinajstić information content (AvgIpc) is 3.21. The van der Waals surface area contributed by atoms with Crippen molar-refractivity contribution < 1.29 is 9.47 Å². The van der Waals surface area contributed by atoms with Gasteiger partial charge in [0.15, 0.2) is 0 Å². The SMILES string of the molecule is COc1ccc(CN(CCN2CCCC2)Cc2ccc(OC)cc2)cc1. The van der Waals surface area contributed by atoms with Gasteiger partial charge in [-0.3, -0.25) is 4.90 Å². The maximum Gasteiger partial charge on any atom is 0.118 e. The van der Waals surface area contributed by atoms with Crippen LogP contribution in [-0.4, -0.2) is 50.2 Å². The molecule has 0 amide bonds. The highest BCUT2D eigenvalue weighted by Crippen LogP contribution is 2.17. The van der Waals surface area contributed by atoms with E-state index in [1.165, 1.54) is 37.1 Å². The Morgan fingerprint density at radius 3 is 1.65 bits per heavy atom. The van der Waals surface area contributed by atoms with Crippen molar-refractivity contribution in [2.45, 2.75) is 25.9 Å². The average molecular weight is 354 g/mol. The Morgan fingerprint density at radius 1 is 0.769 bits per heavy atom. The summed E-state index contributed by atoms with van der Waals surface area (Å²) < 4.78 is 10.5. The van der Waals surface area contributed by atoms with Crippen molar-refractivity contribution in [3.05, 3.63) is 59.7 Å². The van der Waals surface area contributed by atoms with Gasteiger partial charge in [-0.15, -0.1) is 0 Å². The minimum atomic E-state index is 0.910. The molecule has 1 saturated heterocycles. The third-order valence-electron chi connectivity index (χ3n) is 5.06. The fraction of sp³-hybridized carbons (Fsp3) is 0.455. The van der Waals surface area contributed by atoms with Gasteiger partial charge < -0.3 is 14.4 Å². The van der Waals surface area contributed by atoms with Gasteiger partial charge in [0, 0.05) is 26.2 Å². The molecule has 1 heterocycles. The molecule has 4 heteroatoms. The van der Waals surface area contributed by atoms with Crippen LogP contribution in [0.15, 0.2) is 48.5 Å². The van der Waals surface area contributed by atoms with E-state index in [1.54, 1.807) is 14.2 Å². The molecule has 2 aromatic carbocycles. The first-order chi connectivity index (χ1) is 12.8. The maximum absolute atomic E-state index is 5.27. The molecule has 140 valence electrons. The molecule has 0 aliphatic carbocycles. The molecular formula is C22H30N2O2. The van der Waals surface area contributed by atoms with Crippen molar-refractivity contribution in [2.75, 3.05) is 40.4 Å². The van der Waals surface area contributed by atoms with Gasteiger partial charge in [0.05, 0.1) is 14.2 Å². The Kier molecular flexibility index (Phi) is 6.92. The highest BCUT2D eigenvalue weighted by atomic mass is 16.5. The van der Waals surface area contributed by atoms with Crippen molar-refractivity contribution in [1.29, 1.82) is 0 Å². The Balaban J connectivity index is 1.64. The van der Waals surface area contributed by atoms with E-state index >= 15 is 0 Å². The van der Waals surface area contributed by atoms with Crippen LogP contribution in [0.2, 0.25) is 0 Å². The molecular weight excluding hydrogens is 324 g/mol. The monoisotopic (exact) mass is 354 g/mol. The number of methoxy groups -OCH3 is 2. The van der Waals surface area contributed by atoms with E-state index in [2.05, 4.69) is 34.1 Å². The largest absolute Gasteiger partial charge is 0.497 e. The zero-order valence-electron chi connectivity index (χ0n) is 16.0. The molecule has 0 bridgehead atoms. The first kappa shape index (κ1) is 18.7. The number of nitrogens with zero attached hydrogens (tertiary/aromatic N) is 2. The number of likely N-dealkylation sites (tertiary alicyclic amines) is 1. The van der Waals surface area contributed by atoms with E-state index in [4.69, 9.17) is 9.47 Å². The van der Waals surface area contributed by atoms with Crippen molar-refractivity contribution in [3.63, 3.8) is 0 Å². The summed E-state index contributed by atoms with van der Waals surface area (Å²) in [6.07, 6.45) is 2.69. The molecule has 2 aromatic rings. The summed E-state index contributed by atoms with van der Waals surface area (Å²) in [6.45, 7) is 6.62. The number of rotatable bonds is 9. The molecule has 3 rings (SSSR count). The van der Waals surface area contributed by atoms with Gasteiger partial charge in [0.1, 0.15) is 11.5 Å². The first-order valence-electron chi connectivity index (χ1n) is 9.47. The molecule has 4 nitrogen and oxygen atoms in total. The number of ether oxygens (including phenoxy) is 2. The van der Waals surface area contributed by atoms with E-state index < -0.39 is 0 Å². The third kappa shape index (κ3) is 5.48. The summed E-state index contributed by atoms with van der Waals surface area (Å²) in [6, 6.07) is 16.8. The smallest absolute Gasteiger partial charge is 0.118 e. The Labute approximate surface area is 157 Å². The Bertz CT molecular complexity index is 599. The minimum absolute atomic E-state index is 0.910. The van der Waals surface area contributed by atoms with Crippen molar-refractivity contribution in [1.82, 2.24) is 9.80 Å². The highest BCUT2D eigenvalue weighted by molar-refractivity contribution is 5.28. The fourth-order valence-electron chi connectivity index (χ4n) is 3.48.